The lowest BCUT2D eigenvalue weighted by Crippen LogP contribution is -2.12. The maximum Gasteiger partial charge on any atom is 0.159 e. The van der Waals surface area contributed by atoms with Crippen molar-refractivity contribution >= 4 is 0 Å². The first kappa shape index (κ1) is 23.9. The van der Waals surface area contributed by atoms with Crippen LogP contribution in [0.3, 0.4) is 0 Å². The van der Waals surface area contributed by atoms with Gasteiger partial charge in [0.15, 0.2) is 5.82 Å². The van der Waals surface area contributed by atoms with Crippen molar-refractivity contribution in [2.24, 2.45) is 0 Å². The highest BCUT2D eigenvalue weighted by molar-refractivity contribution is 5.64. The Morgan fingerprint density at radius 2 is 1.38 bits per heavy atom. The van der Waals surface area contributed by atoms with Crippen LogP contribution in [-0.2, 0) is 6.42 Å². The van der Waals surface area contributed by atoms with Crippen LogP contribution in [0, 0.1) is 0 Å². The number of aromatic nitrogens is 2. The van der Waals surface area contributed by atoms with Crippen molar-refractivity contribution < 1.29 is 9.13 Å². The summed E-state index contributed by atoms with van der Waals surface area (Å²) in [6, 6.07) is 16.2. The van der Waals surface area contributed by atoms with Gasteiger partial charge in [-0.25, -0.2) is 14.4 Å². The van der Waals surface area contributed by atoms with Crippen LogP contribution in [0.15, 0.2) is 60.9 Å². The van der Waals surface area contributed by atoms with E-state index in [-0.39, 0.29) is 6.61 Å². The lowest BCUT2D eigenvalue weighted by molar-refractivity contribution is 0.184. The number of benzene rings is 2. The van der Waals surface area contributed by atoms with Crippen molar-refractivity contribution in [3.05, 3.63) is 66.5 Å². The standard InChI is InChI=1S/C28H35FN2O/c1-3-5-7-9-22-11-13-23(14-12-22)25-19-30-28(31-20-25)24-15-17-27(18-16-24)32-21-26(29)10-8-6-4-2/h11-20,26H,3-10,21H2,1-2H3. The molecule has 0 N–H and O–H groups in total. The molecule has 0 spiro atoms. The van der Waals surface area contributed by atoms with Gasteiger partial charge in [-0.2, -0.15) is 0 Å². The van der Waals surface area contributed by atoms with Gasteiger partial charge in [0, 0.05) is 23.5 Å². The zero-order chi connectivity index (χ0) is 22.6. The van der Waals surface area contributed by atoms with Gasteiger partial charge in [0.05, 0.1) is 0 Å². The van der Waals surface area contributed by atoms with Gasteiger partial charge in [-0.1, -0.05) is 70.2 Å². The summed E-state index contributed by atoms with van der Waals surface area (Å²) in [6.45, 7) is 4.45. The minimum atomic E-state index is -0.914. The van der Waals surface area contributed by atoms with Crippen molar-refractivity contribution in [1.82, 2.24) is 9.97 Å². The molecule has 0 saturated carbocycles. The zero-order valence-corrected chi connectivity index (χ0v) is 19.4. The zero-order valence-electron chi connectivity index (χ0n) is 19.4. The molecule has 4 heteroatoms. The van der Waals surface area contributed by atoms with E-state index in [0.29, 0.717) is 18.0 Å². The lowest BCUT2D eigenvalue weighted by atomic mass is 10.0. The molecular formula is C28H35FN2O. The lowest BCUT2D eigenvalue weighted by Gasteiger charge is -2.10. The molecule has 0 saturated heterocycles. The molecule has 3 rings (SSSR count). The highest BCUT2D eigenvalue weighted by Crippen LogP contribution is 2.23. The van der Waals surface area contributed by atoms with Crippen LogP contribution in [0.5, 0.6) is 5.75 Å². The summed E-state index contributed by atoms with van der Waals surface area (Å²) in [4.78, 5) is 9.08. The second-order valence-electron chi connectivity index (χ2n) is 8.38. The van der Waals surface area contributed by atoms with E-state index >= 15 is 0 Å². The number of halogens is 1. The van der Waals surface area contributed by atoms with Gasteiger partial charge in [-0.3, -0.25) is 0 Å². The SMILES string of the molecule is CCCCCc1ccc(-c2cnc(-c3ccc(OCC(F)CCCCC)cc3)nc2)cc1. The maximum atomic E-state index is 13.9. The molecule has 0 amide bonds. The molecule has 1 atom stereocenters. The molecule has 0 radical (unpaired) electrons. The molecule has 0 bridgehead atoms. The minimum absolute atomic E-state index is 0.103. The third kappa shape index (κ3) is 7.44. The molecular weight excluding hydrogens is 399 g/mol. The number of aryl methyl sites for hydroxylation is 1. The highest BCUT2D eigenvalue weighted by Gasteiger charge is 2.08. The van der Waals surface area contributed by atoms with E-state index in [0.717, 1.165) is 42.4 Å². The van der Waals surface area contributed by atoms with Crippen LogP contribution < -0.4 is 4.74 Å². The summed E-state index contributed by atoms with van der Waals surface area (Å²) in [6.07, 6.45) is 11.4. The van der Waals surface area contributed by atoms with Crippen LogP contribution >= 0.6 is 0 Å². The molecule has 0 fully saturated rings. The van der Waals surface area contributed by atoms with Gasteiger partial charge in [-0.15, -0.1) is 0 Å². The first-order valence-corrected chi connectivity index (χ1v) is 12.0. The van der Waals surface area contributed by atoms with Crippen LogP contribution in [-0.4, -0.2) is 22.7 Å². The van der Waals surface area contributed by atoms with Crippen LogP contribution in [0.2, 0.25) is 0 Å². The summed E-state index contributed by atoms with van der Waals surface area (Å²) in [7, 11) is 0. The van der Waals surface area contributed by atoms with Crippen molar-refractivity contribution in [2.45, 2.75) is 71.4 Å². The molecule has 1 heterocycles. The Morgan fingerprint density at radius 1 is 0.750 bits per heavy atom. The smallest absolute Gasteiger partial charge is 0.159 e. The maximum absolute atomic E-state index is 13.9. The van der Waals surface area contributed by atoms with Gasteiger partial charge in [0.25, 0.3) is 0 Å². The molecule has 0 aliphatic carbocycles. The van der Waals surface area contributed by atoms with Crippen molar-refractivity contribution in [1.29, 1.82) is 0 Å². The first-order valence-electron chi connectivity index (χ1n) is 12.0. The van der Waals surface area contributed by atoms with E-state index in [1.54, 1.807) is 0 Å². The predicted molar refractivity (Wildman–Crippen MR) is 131 cm³/mol. The average molecular weight is 435 g/mol. The normalized spacial score (nSPS) is 12.0. The van der Waals surface area contributed by atoms with Crippen molar-refractivity contribution in [2.75, 3.05) is 6.61 Å². The van der Waals surface area contributed by atoms with Crippen molar-refractivity contribution in [3.63, 3.8) is 0 Å². The molecule has 32 heavy (non-hydrogen) atoms. The van der Waals surface area contributed by atoms with E-state index < -0.39 is 6.17 Å². The van der Waals surface area contributed by atoms with Crippen molar-refractivity contribution in [3.8, 4) is 28.3 Å². The topological polar surface area (TPSA) is 35.0 Å². The monoisotopic (exact) mass is 434 g/mol. The highest BCUT2D eigenvalue weighted by atomic mass is 19.1. The molecule has 1 aromatic heterocycles. The Hall–Kier alpha value is -2.75. The molecule has 3 nitrogen and oxygen atoms in total. The third-order valence-corrected chi connectivity index (χ3v) is 5.67. The number of rotatable bonds is 13. The summed E-state index contributed by atoms with van der Waals surface area (Å²) < 4.78 is 19.5. The minimum Gasteiger partial charge on any atom is -0.491 e. The van der Waals surface area contributed by atoms with E-state index in [2.05, 4.69) is 48.1 Å². The molecule has 1 unspecified atom stereocenters. The number of alkyl halides is 1. The number of unbranched alkanes of at least 4 members (excludes halogenated alkanes) is 4. The summed E-state index contributed by atoms with van der Waals surface area (Å²) in [5.74, 6) is 1.34. The molecule has 0 aliphatic rings. The fourth-order valence-corrected chi connectivity index (χ4v) is 3.66. The summed E-state index contributed by atoms with van der Waals surface area (Å²) in [5, 5.41) is 0. The summed E-state index contributed by atoms with van der Waals surface area (Å²) >= 11 is 0. The van der Waals surface area contributed by atoms with Gasteiger partial charge in [0.1, 0.15) is 18.5 Å². The van der Waals surface area contributed by atoms with Gasteiger partial charge in [0.2, 0.25) is 0 Å². The third-order valence-electron chi connectivity index (χ3n) is 5.67. The van der Waals surface area contributed by atoms with Gasteiger partial charge >= 0.3 is 0 Å². The number of hydrogen-bond acceptors (Lipinski definition) is 3. The summed E-state index contributed by atoms with van der Waals surface area (Å²) in [5.41, 5.74) is 4.42. The van der Waals surface area contributed by atoms with Gasteiger partial charge < -0.3 is 4.74 Å². The van der Waals surface area contributed by atoms with E-state index in [4.69, 9.17) is 4.74 Å². The van der Waals surface area contributed by atoms with Crippen LogP contribution in [0.25, 0.3) is 22.5 Å². The number of hydrogen-bond donors (Lipinski definition) is 0. The second kappa shape index (κ2) is 12.9. The Bertz CT molecular complexity index is 908. The fourth-order valence-electron chi connectivity index (χ4n) is 3.66. The fraction of sp³-hybridized carbons (Fsp3) is 0.429. The predicted octanol–water partition coefficient (Wildman–Crippen LogP) is 7.84. The molecule has 170 valence electrons. The van der Waals surface area contributed by atoms with Crippen LogP contribution in [0.1, 0.15) is 64.4 Å². The van der Waals surface area contributed by atoms with Gasteiger partial charge in [-0.05, 0) is 54.7 Å². The largest absolute Gasteiger partial charge is 0.491 e. The van der Waals surface area contributed by atoms with E-state index in [1.165, 1.54) is 24.8 Å². The molecule has 3 aromatic rings. The Labute approximate surface area is 192 Å². The molecule has 2 aromatic carbocycles. The number of ether oxygens (including phenoxy) is 1. The Kier molecular flexibility index (Phi) is 9.67. The number of nitrogens with zero attached hydrogens (tertiary/aromatic N) is 2. The molecule has 0 aliphatic heterocycles. The second-order valence-corrected chi connectivity index (χ2v) is 8.38. The van der Waals surface area contributed by atoms with E-state index in [1.807, 2.05) is 36.7 Å². The Balaban J connectivity index is 1.54. The quantitative estimate of drug-likeness (QED) is 0.257. The first-order chi connectivity index (χ1) is 15.7. The van der Waals surface area contributed by atoms with Crippen LogP contribution in [0.4, 0.5) is 4.39 Å². The average Bonchev–Trinajstić information content (AvgIpc) is 2.84. The Morgan fingerprint density at radius 3 is 2.03 bits per heavy atom. The van der Waals surface area contributed by atoms with E-state index in [9.17, 15) is 4.39 Å².